The number of benzene rings is 3. The summed E-state index contributed by atoms with van der Waals surface area (Å²) >= 11 is 0. The second-order valence-corrected chi connectivity index (χ2v) is 7.03. The summed E-state index contributed by atoms with van der Waals surface area (Å²) in [5, 5.41) is 0. The summed E-state index contributed by atoms with van der Waals surface area (Å²) in [5.41, 5.74) is 6.43. The van der Waals surface area contributed by atoms with Crippen LogP contribution in [0.3, 0.4) is 0 Å². The van der Waals surface area contributed by atoms with Gasteiger partial charge >= 0.3 is 0 Å². The van der Waals surface area contributed by atoms with Crippen molar-refractivity contribution in [1.29, 1.82) is 0 Å². The first-order valence-corrected chi connectivity index (χ1v) is 9.81. The van der Waals surface area contributed by atoms with Gasteiger partial charge in [0.1, 0.15) is 11.5 Å². The zero-order chi connectivity index (χ0) is 21.5. The monoisotopic (exact) mass is 398 g/mol. The number of hydrogen-bond acceptors (Lipinski definition) is 3. The third kappa shape index (κ3) is 4.87. The molecule has 0 bridgehead atoms. The van der Waals surface area contributed by atoms with Crippen LogP contribution in [-0.2, 0) is 4.79 Å². The lowest BCUT2D eigenvalue weighted by atomic mass is 9.95. The fourth-order valence-corrected chi connectivity index (χ4v) is 3.47. The van der Waals surface area contributed by atoms with Crippen LogP contribution in [0, 0.1) is 13.8 Å². The van der Waals surface area contributed by atoms with Crippen LogP contribution in [0.1, 0.15) is 22.3 Å². The predicted molar refractivity (Wildman–Crippen MR) is 124 cm³/mol. The molecule has 152 valence electrons. The molecule has 0 amide bonds. The molecule has 0 N–H and O–H groups in total. The Hall–Kier alpha value is -3.59. The maximum atomic E-state index is 12.4. The van der Waals surface area contributed by atoms with Crippen LogP contribution in [0.4, 0.5) is 0 Å². The fraction of sp³-hybridized carbons (Fsp3) is 0.148. The van der Waals surface area contributed by atoms with E-state index >= 15 is 0 Å². The third-order valence-corrected chi connectivity index (χ3v) is 5.00. The molecule has 0 spiro atoms. The van der Waals surface area contributed by atoms with Gasteiger partial charge in [-0.1, -0.05) is 54.6 Å². The van der Waals surface area contributed by atoms with Crippen LogP contribution in [0.15, 0.2) is 72.8 Å². The minimum absolute atomic E-state index is 0.103. The summed E-state index contributed by atoms with van der Waals surface area (Å²) in [6.45, 7) is 4.14. The molecule has 0 fully saturated rings. The van der Waals surface area contributed by atoms with E-state index in [4.69, 9.17) is 9.47 Å². The molecule has 0 unspecified atom stereocenters. The van der Waals surface area contributed by atoms with E-state index < -0.39 is 0 Å². The van der Waals surface area contributed by atoms with Crippen molar-refractivity contribution in [2.45, 2.75) is 13.8 Å². The lowest BCUT2D eigenvalue weighted by molar-refractivity contribution is -0.110. The molecule has 0 aliphatic rings. The Morgan fingerprint density at radius 2 is 1.23 bits per heavy atom. The topological polar surface area (TPSA) is 35.5 Å². The summed E-state index contributed by atoms with van der Waals surface area (Å²) in [4.78, 5) is 12.4. The lowest BCUT2D eigenvalue weighted by Gasteiger charge is -2.10. The van der Waals surface area contributed by atoms with E-state index in [1.807, 2.05) is 42.5 Å². The van der Waals surface area contributed by atoms with Crippen LogP contribution in [0.25, 0.3) is 23.3 Å². The SMILES string of the molecule is COc1cccc(OC)c1/C=C/C(=O)/C=C/c1c(C)cc(-c2ccccc2)cc1C. The van der Waals surface area contributed by atoms with Gasteiger partial charge in [0.2, 0.25) is 0 Å². The van der Waals surface area contributed by atoms with E-state index in [0.29, 0.717) is 11.5 Å². The maximum Gasteiger partial charge on any atom is 0.178 e. The third-order valence-electron chi connectivity index (χ3n) is 5.00. The molecule has 3 heteroatoms. The van der Waals surface area contributed by atoms with Crippen LogP contribution in [0.5, 0.6) is 11.5 Å². The van der Waals surface area contributed by atoms with Crippen LogP contribution in [-0.4, -0.2) is 20.0 Å². The van der Waals surface area contributed by atoms with E-state index in [9.17, 15) is 4.79 Å². The molecular formula is C27H26O3. The lowest BCUT2D eigenvalue weighted by Crippen LogP contribution is -1.93. The number of carbonyl (C=O) groups excluding carboxylic acids is 1. The van der Waals surface area contributed by atoms with Crippen LogP contribution in [0.2, 0.25) is 0 Å². The number of methoxy groups -OCH3 is 2. The largest absolute Gasteiger partial charge is 0.496 e. The molecule has 0 aliphatic heterocycles. The maximum absolute atomic E-state index is 12.4. The van der Waals surface area contributed by atoms with E-state index in [1.165, 1.54) is 17.2 Å². The Balaban J connectivity index is 1.81. The van der Waals surface area contributed by atoms with Gasteiger partial charge in [-0.25, -0.2) is 0 Å². The van der Waals surface area contributed by atoms with Crippen molar-refractivity contribution < 1.29 is 14.3 Å². The number of ether oxygens (including phenoxy) is 2. The molecular weight excluding hydrogens is 372 g/mol. The Morgan fingerprint density at radius 1 is 0.700 bits per heavy atom. The quantitative estimate of drug-likeness (QED) is 0.439. The number of allylic oxidation sites excluding steroid dienone is 2. The van der Waals surface area contributed by atoms with Crippen molar-refractivity contribution in [3.63, 3.8) is 0 Å². The molecule has 3 aromatic carbocycles. The molecule has 0 heterocycles. The minimum Gasteiger partial charge on any atom is -0.496 e. The molecule has 0 radical (unpaired) electrons. The Morgan fingerprint density at radius 3 is 1.77 bits per heavy atom. The van der Waals surface area contributed by atoms with Gasteiger partial charge in [-0.2, -0.15) is 0 Å². The number of aryl methyl sites for hydroxylation is 2. The second kappa shape index (κ2) is 9.75. The summed E-state index contributed by atoms with van der Waals surface area (Å²) in [5.74, 6) is 1.21. The van der Waals surface area contributed by atoms with Gasteiger partial charge < -0.3 is 9.47 Å². The highest BCUT2D eigenvalue weighted by atomic mass is 16.5. The van der Waals surface area contributed by atoms with Crippen LogP contribution >= 0.6 is 0 Å². The first-order valence-electron chi connectivity index (χ1n) is 9.81. The molecule has 0 saturated heterocycles. The smallest absolute Gasteiger partial charge is 0.178 e. The Kier molecular flexibility index (Phi) is 6.87. The molecule has 3 rings (SSSR count). The van der Waals surface area contributed by atoms with E-state index in [0.717, 1.165) is 22.3 Å². The predicted octanol–water partition coefficient (Wildman–Crippen LogP) is 6.28. The summed E-state index contributed by atoms with van der Waals surface area (Å²) in [7, 11) is 3.19. The highest BCUT2D eigenvalue weighted by Crippen LogP contribution is 2.29. The van der Waals surface area contributed by atoms with E-state index in [1.54, 1.807) is 26.4 Å². The molecule has 0 saturated carbocycles. The highest BCUT2D eigenvalue weighted by molar-refractivity contribution is 6.05. The second-order valence-electron chi connectivity index (χ2n) is 7.03. The van der Waals surface area contributed by atoms with E-state index in [-0.39, 0.29) is 5.78 Å². The van der Waals surface area contributed by atoms with Crippen molar-refractivity contribution >= 4 is 17.9 Å². The zero-order valence-electron chi connectivity index (χ0n) is 17.8. The highest BCUT2D eigenvalue weighted by Gasteiger charge is 2.07. The van der Waals surface area contributed by atoms with Crippen molar-refractivity contribution in [3.05, 3.63) is 95.1 Å². The molecule has 0 atom stereocenters. The van der Waals surface area contributed by atoms with E-state index in [2.05, 4.69) is 38.1 Å². The van der Waals surface area contributed by atoms with Gasteiger partial charge in [0.25, 0.3) is 0 Å². The number of carbonyl (C=O) groups is 1. The first kappa shape index (κ1) is 21.1. The van der Waals surface area contributed by atoms with Crippen molar-refractivity contribution in [1.82, 2.24) is 0 Å². The standard InChI is InChI=1S/C27H26O3/c1-19-17-22(21-9-6-5-7-10-21)18-20(2)24(19)15-13-23(28)14-16-25-26(29-3)11-8-12-27(25)30-4/h5-18H,1-4H3/b15-13+,16-14+. The van der Waals surface area contributed by atoms with Gasteiger partial charge in [-0.05, 0) is 72.0 Å². The summed E-state index contributed by atoms with van der Waals surface area (Å²) in [6, 6.07) is 20.1. The minimum atomic E-state index is -0.103. The Bertz CT molecular complexity index is 1050. The average molecular weight is 399 g/mol. The Labute approximate surface area is 178 Å². The van der Waals surface area contributed by atoms with Crippen molar-refractivity contribution in [2.75, 3.05) is 14.2 Å². The molecule has 3 aromatic rings. The molecule has 0 aromatic heterocycles. The summed E-state index contributed by atoms with van der Waals surface area (Å²) in [6.07, 6.45) is 6.73. The number of hydrogen-bond donors (Lipinski definition) is 0. The summed E-state index contributed by atoms with van der Waals surface area (Å²) < 4.78 is 10.7. The van der Waals surface area contributed by atoms with Crippen LogP contribution < -0.4 is 9.47 Å². The van der Waals surface area contributed by atoms with Gasteiger partial charge in [-0.3, -0.25) is 4.79 Å². The number of ketones is 1. The molecule has 0 aliphatic carbocycles. The van der Waals surface area contributed by atoms with Gasteiger partial charge in [0, 0.05) is 0 Å². The van der Waals surface area contributed by atoms with Gasteiger partial charge in [0.05, 0.1) is 19.8 Å². The van der Waals surface area contributed by atoms with Crippen molar-refractivity contribution in [2.24, 2.45) is 0 Å². The molecule has 3 nitrogen and oxygen atoms in total. The van der Waals surface area contributed by atoms with Gasteiger partial charge in [-0.15, -0.1) is 0 Å². The average Bonchev–Trinajstić information content (AvgIpc) is 2.77. The zero-order valence-corrected chi connectivity index (χ0v) is 17.8. The van der Waals surface area contributed by atoms with Gasteiger partial charge in [0.15, 0.2) is 5.78 Å². The number of rotatable bonds is 7. The molecule has 30 heavy (non-hydrogen) atoms. The van der Waals surface area contributed by atoms with Crippen molar-refractivity contribution in [3.8, 4) is 22.6 Å². The first-order chi connectivity index (χ1) is 14.5. The fourth-order valence-electron chi connectivity index (χ4n) is 3.47. The normalized spacial score (nSPS) is 11.2.